The quantitative estimate of drug-likeness (QED) is 0.725. The maximum Gasteiger partial charge on any atom is 0.241 e. The molecule has 8 heteroatoms. The second-order valence-electron chi connectivity index (χ2n) is 4.36. The van der Waals surface area contributed by atoms with E-state index in [4.69, 9.17) is 11.6 Å². The van der Waals surface area contributed by atoms with Gasteiger partial charge in [-0.2, -0.15) is 0 Å². The lowest BCUT2D eigenvalue weighted by molar-refractivity contribution is -0.113. The summed E-state index contributed by atoms with van der Waals surface area (Å²) < 4.78 is 13.1. The molecule has 0 fully saturated rings. The Hall–Kier alpha value is -1.99. The molecule has 3 aromatic rings. The highest BCUT2D eigenvalue weighted by Gasteiger charge is 2.11. The summed E-state index contributed by atoms with van der Waals surface area (Å²) in [6.45, 7) is 0. The predicted molar refractivity (Wildman–Crippen MR) is 80.3 cm³/mol. The van der Waals surface area contributed by atoms with Gasteiger partial charge in [0.25, 0.3) is 0 Å². The van der Waals surface area contributed by atoms with E-state index < -0.39 is 0 Å². The van der Waals surface area contributed by atoms with E-state index in [1.54, 1.807) is 6.07 Å². The van der Waals surface area contributed by atoms with E-state index in [2.05, 4.69) is 20.5 Å². The van der Waals surface area contributed by atoms with Crippen molar-refractivity contribution in [1.82, 2.24) is 15.2 Å². The van der Waals surface area contributed by atoms with Gasteiger partial charge < -0.3 is 4.98 Å². The lowest BCUT2D eigenvalue weighted by Crippen LogP contribution is -2.12. The van der Waals surface area contributed by atoms with Crippen molar-refractivity contribution in [2.45, 2.75) is 6.42 Å². The average Bonchev–Trinajstić information content (AvgIpc) is 3.06. The Morgan fingerprint density at radius 3 is 3.10 bits per heavy atom. The Bertz CT molecular complexity index is 800. The zero-order chi connectivity index (χ0) is 14.8. The highest BCUT2D eigenvalue weighted by Crippen LogP contribution is 2.24. The lowest BCUT2D eigenvalue weighted by atomic mass is 10.1. The van der Waals surface area contributed by atoms with Gasteiger partial charge in [-0.1, -0.05) is 11.3 Å². The van der Waals surface area contributed by atoms with E-state index in [0.717, 1.165) is 21.5 Å². The van der Waals surface area contributed by atoms with E-state index in [9.17, 15) is 9.18 Å². The molecule has 0 aliphatic rings. The molecule has 0 unspecified atom stereocenters. The van der Waals surface area contributed by atoms with Gasteiger partial charge in [-0.3, -0.25) is 10.1 Å². The van der Waals surface area contributed by atoms with Crippen LogP contribution in [0.15, 0.2) is 24.4 Å². The van der Waals surface area contributed by atoms with Crippen molar-refractivity contribution < 1.29 is 9.18 Å². The fourth-order valence-electron chi connectivity index (χ4n) is 2.00. The van der Waals surface area contributed by atoms with Crippen molar-refractivity contribution in [2.24, 2.45) is 0 Å². The topological polar surface area (TPSA) is 70.7 Å². The number of hydrogen-bond acceptors (Lipinski definition) is 4. The van der Waals surface area contributed by atoms with E-state index in [0.29, 0.717) is 11.6 Å². The van der Waals surface area contributed by atoms with Gasteiger partial charge in [0.05, 0.1) is 0 Å². The second kappa shape index (κ2) is 5.79. The number of carbonyl (C=O) groups excluding carboxylic acids is 1. The molecule has 1 amide bonds. The smallest absolute Gasteiger partial charge is 0.241 e. The Balaban J connectivity index is 1.80. The number of hydrogen-bond donors (Lipinski definition) is 2. The zero-order valence-corrected chi connectivity index (χ0v) is 12.3. The number of aromatic amines is 1. The third-order valence-electron chi connectivity index (χ3n) is 2.91. The highest BCUT2D eigenvalue weighted by molar-refractivity contribution is 7.15. The summed E-state index contributed by atoms with van der Waals surface area (Å²) in [5.74, 6) is -0.719. The molecule has 2 aromatic heterocycles. The van der Waals surface area contributed by atoms with Gasteiger partial charge in [0, 0.05) is 23.5 Å². The van der Waals surface area contributed by atoms with E-state index in [-0.39, 0.29) is 17.6 Å². The van der Waals surface area contributed by atoms with E-state index in [1.165, 1.54) is 23.5 Å². The maximum absolute atomic E-state index is 13.1. The van der Waals surface area contributed by atoms with Gasteiger partial charge >= 0.3 is 0 Å². The van der Waals surface area contributed by atoms with Crippen LogP contribution in [-0.4, -0.2) is 27.0 Å². The van der Waals surface area contributed by atoms with Crippen molar-refractivity contribution in [3.05, 3.63) is 40.8 Å². The maximum atomic E-state index is 13.1. The number of anilines is 1. The number of rotatable bonds is 4. The Morgan fingerprint density at radius 1 is 1.43 bits per heavy atom. The summed E-state index contributed by atoms with van der Waals surface area (Å²) in [6, 6.07) is 4.60. The minimum Gasteiger partial charge on any atom is -0.361 e. The summed E-state index contributed by atoms with van der Waals surface area (Å²) in [7, 11) is 0. The number of nitrogens with zero attached hydrogens (tertiary/aromatic N) is 2. The number of carbonyl (C=O) groups is 1. The van der Waals surface area contributed by atoms with Crippen molar-refractivity contribution >= 4 is 44.9 Å². The minimum absolute atomic E-state index is 0.122. The number of aromatic nitrogens is 3. The minimum atomic E-state index is -0.318. The molecule has 2 N–H and O–H groups in total. The second-order valence-corrected chi connectivity index (χ2v) is 5.69. The summed E-state index contributed by atoms with van der Waals surface area (Å²) in [4.78, 5) is 14.2. The van der Waals surface area contributed by atoms with Crippen LogP contribution in [0.4, 0.5) is 9.52 Å². The van der Waals surface area contributed by atoms with Crippen molar-refractivity contribution in [1.29, 1.82) is 0 Å². The monoisotopic (exact) mass is 324 g/mol. The first-order chi connectivity index (χ1) is 10.2. The Kier molecular flexibility index (Phi) is 3.85. The zero-order valence-electron chi connectivity index (χ0n) is 10.7. The number of H-pyrrole nitrogens is 1. The van der Waals surface area contributed by atoms with Crippen LogP contribution in [0.3, 0.4) is 0 Å². The van der Waals surface area contributed by atoms with Crippen molar-refractivity contribution in [3.63, 3.8) is 0 Å². The van der Waals surface area contributed by atoms with Gasteiger partial charge in [-0.15, -0.1) is 21.8 Å². The summed E-state index contributed by atoms with van der Waals surface area (Å²) >= 11 is 6.70. The molecule has 0 saturated heterocycles. The molecule has 0 radical (unpaired) electrons. The number of benzene rings is 1. The third kappa shape index (κ3) is 3.03. The number of alkyl halides is 1. The third-order valence-corrected chi connectivity index (χ3v) is 3.99. The van der Waals surface area contributed by atoms with Crippen LogP contribution in [-0.2, 0) is 11.2 Å². The number of amides is 1. The molecule has 2 heterocycles. The standard InChI is InChI=1S/C13H10ClFN4OS/c14-5-11(20)17-13-19-18-12(21-13)3-7-6-16-10-4-8(15)1-2-9(7)10/h1-2,4,6,16H,3,5H2,(H,17,19,20). The van der Waals surface area contributed by atoms with Crippen LogP contribution in [0, 0.1) is 5.82 Å². The van der Waals surface area contributed by atoms with E-state index >= 15 is 0 Å². The van der Waals surface area contributed by atoms with Crippen LogP contribution in [0.2, 0.25) is 0 Å². The first kappa shape index (κ1) is 14.0. The fraction of sp³-hybridized carbons (Fsp3) is 0.154. The largest absolute Gasteiger partial charge is 0.361 e. The molecule has 3 rings (SSSR count). The molecule has 0 aliphatic carbocycles. The first-order valence-electron chi connectivity index (χ1n) is 6.09. The van der Waals surface area contributed by atoms with E-state index in [1.807, 2.05) is 6.20 Å². The molecule has 0 bridgehead atoms. The highest BCUT2D eigenvalue weighted by atomic mass is 35.5. The summed E-state index contributed by atoms with van der Waals surface area (Å²) in [5, 5.41) is 12.6. The van der Waals surface area contributed by atoms with Gasteiger partial charge in [0.1, 0.15) is 16.7 Å². The fourth-order valence-corrected chi connectivity index (χ4v) is 2.84. The molecular weight excluding hydrogens is 315 g/mol. The van der Waals surface area contributed by atoms with Crippen LogP contribution in [0.1, 0.15) is 10.6 Å². The molecule has 108 valence electrons. The van der Waals surface area contributed by atoms with Crippen LogP contribution >= 0.6 is 22.9 Å². The van der Waals surface area contributed by atoms with Crippen molar-refractivity contribution in [3.8, 4) is 0 Å². The molecule has 1 aromatic carbocycles. The molecule has 0 aliphatic heterocycles. The van der Waals surface area contributed by atoms with Gasteiger partial charge in [0.2, 0.25) is 11.0 Å². The Morgan fingerprint density at radius 2 is 2.29 bits per heavy atom. The molecule has 0 saturated carbocycles. The lowest BCUT2D eigenvalue weighted by Gasteiger charge is -1.96. The van der Waals surface area contributed by atoms with Crippen LogP contribution in [0.5, 0.6) is 0 Å². The SMILES string of the molecule is O=C(CCl)Nc1nnc(Cc2c[nH]c3cc(F)ccc23)s1. The van der Waals surface area contributed by atoms with Crippen LogP contribution < -0.4 is 5.32 Å². The Labute approximate surface area is 128 Å². The number of nitrogens with one attached hydrogen (secondary N) is 2. The molecule has 21 heavy (non-hydrogen) atoms. The molecule has 5 nitrogen and oxygen atoms in total. The normalized spacial score (nSPS) is 11.0. The van der Waals surface area contributed by atoms with Crippen LogP contribution in [0.25, 0.3) is 10.9 Å². The summed E-state index contributed by atoms with van der Waals surface area (Å²) in [6.07, 6.45) is 2.38. The number of fused-ring (bicyclic) bond motifs is 1. The summed E-state index contributed by atoms with van der Waals surface area (Å²) in [5.41, 5.74) is 1.74. The molecular formula is C13H10ClFN4OS. The number of halogens is 2. The average molecular weight is 325 g/mol. The first-order valence-corrected chi connectivity index (χ1v) is 7.44. The van der Waals surface area contributed by atoms with Gasteiger partial charge in [-0.25, -0.2) is 4.39 Å². The van der Waals surface area contributed by atoms with Gasteiger partial charge in [-0.05, 0) is 23.8 Å². The van der Waals surface area contributed by atoms with Gasteiger partial charge in [0.15, 0.2) is 0 Å². The van der Waals surface area contributed by atoms with Crippen molar-refractivity contribution in [2.75, 3.05) is 11.2 Å². The molecule has 0 atom stereocenters. The predicted octanol–water partition coefficient (Wildman–Crippen LogP) is 2.93. The molecule has 0 spiro atoms.